The molecule has 0 aliphatic rings. The van der Waals surface area contributed by atoms with Gasteiger partial charge in [0, 0.05) is 12.1 Å². The van der Waals surface area contributed by atoms with Crippen LogP contribution in [0, 0.1) is 0 Å². The molecule has 0 heterocycles. The number of amidine groups is 1. The van der Waals surface area contributed by atoms with Gasteiger partial charge in [-0.3, -0.25) is 0 Å². The van der Waals surface area contributed by atoms with Crippen molar-refractivity contribution >= 4 is 5.84 Å². The second-order valence-corrected chi connectivity index (χ2v) is 3.42. The molecule has 0 atom stereocenters. The van der Waals surface area contributed by atoms with E-state index in [-0.39, 0.29) is 5.84 Å². The van der Waals surface area contributed by atoms with Crippen LogP contribution in [0.4, 0.5) is 0 Å². The molecule has 0 aromatic heterocycles. The minimum atomic E-state index is 0.144. The molecule has 4 nitrogen and oxygen atoms in total. The number of hydrogen-bond acceptors (Lipinski definition) is 3. The van der Waals surface area contributed by atoms with E-state index in [1.54, 1.807) is 0 Å². The van der Waals surface area contributed by atoms with Crippen molar-refractivity contribution in [2.24, 2.45) is 10.9 Å². The van der Waals surface area contributed by atoms with Gasteiger partial charge in [-0.15, -0.1) is 0 Å². The number of rotatable bonds is 3. The van der Waals surface area contributed by atoms with Crippen LogP contribution in [0.15, 0.2) is 29.4 Å². The van der Waals surface area contributed by atoms with Crippen molar-refractivity contribution in [1.82, 2.24) is 4.90 Å². The Kier molecular flexibility index (Phi) is 3.48. The van der Waals surface area contributed by atoms with Crippen molar-refractivity contribution in [2.75, 3.05) is 14.1 Å². The highest BCUT2D eigenvalue weighted by atomic mass is 16.4. The van der Waals surface area contributed by atoms with Gasteiger partial charge in [-0.05, 0) is 25.7 Å². The molecule has 0 unspecified atom stereocenters. The molecule has 14 heavy (non-hydrogen) atoms. The summed E-state index contributed by atoms with van der Waals surface area (Å²) in [6.45, 7) is 0.840. The van der Waals surface area contributed by atoms with Crippen LogP contribution in [0.1, 0.15) is 11.1 Å². The summed E-state index contributed by atoms with van der Waals surface area (Å²) in [6.07, 6.45) is 0. The average molecular weight is 193 g/mol. The van der Waals surface area contributed by atoms with Gasteiger partial charge in [0.25, 0.3) is 0 Å². The fourth-order valence-electron chi connectivity index (χ4n) is 1.25. The van der Waals surface area contributed by atoms with Gasteiger partial charge in [0.15, 0.2) is 5.84 Å². The van der Waals surface area contributed by atoms with Crippen LogP contribution < -0.4 is 5.73 Å². The molecule has 76 valence electrons. The van der Waals surface area contributed by atoms with Gasteiger partial charge >= 0.3 is 0 Å². The van der Waals surface area contributed by atoms with Crippen LogP contribution in [0.25, 0.3) is 0 Å². The summed E-state index contributed by atoms with van der Waals surface area (Å²) in [5.74, 6) is 0.144. The summed E-state index contributed by atoms with van der Waals surface area (Å²) < 4.78 is 0. The molecule has 0 saturated carbocycles. The van der Waals surface area contributed by atoms with Gasteiger partial charge in [-0.1, -0.05) is 23.4 Å². The molecule has 3 N–H and O–H groups in total. The lowest BCUT2D eigenvalue weighted by molar-refractivity contribution is 0.318. The first-order valence-electron chi connectivity index (χ1n) is 4.35. The first kappa shape index (κ1) is 10.5. The van der Waals surface area contributed by atoms with E-state index < -0.39 is 0 Å². The smallest absolute Gasteiger partial charge is 0.170 e. The Morgan fingerprint density at radius 1 is 1.50 bits per heavy atom. The first-order chi connectivity index (χ1) is 6.63. The number of nitrogens with two attached hydrogens (primary N) is 1. The molecular weight excluding hydrogens is 178 g/mol. The maximum absolute atomic E-state index is 8.51. The second-order valence-electron chi connectivity index (χ2n) is 3.42. The highest BCUT2D eigenvalue weighted by Gasteiger charge is 2.00. The Labute approximate surface area is 83.6 Å². The topological polar surface area (TPSA) is 61.8 Å². The normalized spacial score (nSPS) is 12.1. The Balaban J connectivity index is 2.90. The summed E-state index contributed by atoms with van der Waals surface area (Å²) in [4.78, 5) is 2.06. The Morgan fingerprint density at radius 2 is 2.21 bits per heavy atom. The van der Waals surface area contributed by atoms with Gasteiger partial charge < -0.3 is 15.8 Å². The van der Waals surface area contributed by atoms with Crippen LogP contribution in [-0.4, -0.2) is 30.0 Å². The zero-order chi connectivity index (χ0) is 10.6. The molecule has 1 rings (SSSR count). The van der Waals surface area contributed by atoms with E-state index in [0.717, 1.165) is 17.7 Å². The maximum Gasteiger partial charge on any atom is 0.170 e. The van der Waals surface area contributed by atoms with Crippen molar-refractivity contribution in [2.45, 2.75) is 6.54 Å². The van der Waals surface area contributed by atoms with Crippen LogP contribution >= 0.6 is 0 Å². The summed E-state index contributed by atoms with van der Waals surface area (Å²) in [6, 6.07) is 7.63. The van der Waals surface area contributed by atoms with Crippen molar-refractivity contribution < 1.29 is 5.21 Å². The molecular formula is C10H15N3O. The van der Waals surface area contributed by atoms with Crippen molar-refractivity contribution in [1.29, 1.82) is 0 Å². The molecule has 0 saturated heterocycles. The van der Waals surface area contributed by atoms with E-state index in [2.05, 4.69) is 10.1 Å². The Hall–Kier alpha value is -1.55. The Morgan fingerprint density at radius 3 is 2.79 bits per heavy atom. The zero-order valence-corrected chi connectivity index (χ0v) is 8.44. The van der Waals surface area contributed by atoms with E-state index in [9.17, 15) is 0 Å². The molecule has 0 bridgehead atoms. The van der Waals surface area contributed by atoms with Crippen LogP contribution in [0.5, 0.6) is 0 Å². The second kappa shape index (κ2) is 4.62. The molecule has 1 aromatic carbocycles. The van der Waals surface area contributed by atoms with Gasteiger partial charge in [0.05, 0.1) is 0 Å². The minimum Gasteiger partial charge on any atom is -0.409 e. The maximum atomic E-state index is 8.51. The third-order valence-electron chi connectivity index (χ3n) is 1.83. The van der Waals surface area contributed by atoms with E-state index >= 15 is 0 Å². The summed E-state index contributed by atoms with van der Waals surface area (Å²) in [5.41, 5.74) is 7.36. The van der Waals surface area contributed by atoms with E-state index in [1.165, 1.54) is 0 Å². The lowest BCUT2D eigenvalue weighted by atomic mass is 10.1. The predicted octanol–water partition coefficient (Wildman–Crippen LogP) is 0.843. The molecule has 0 radical (unpaired) electrons. The van der Waals surface area contributed by atoms with Crippen LogP contribution in [0.3, 0.4) is 0 Å². The quantitative estimate of drug-likeness (QED) is 0.324. The van der Waals surface area contributed by atoms with E-state index in [0.29, 0.717) is 0 Å². The number of benzene rings is 1. The average Bonchev–Trinajstić information content (AvgIpc) is 2.16. The van der Waals surface area contributed by atoms with Gasteiger partial charge in [-0.2, -0.15) is 0 Å². The molecule has 0 amide bonds. The first-order valence-corrected chi connectivity index (χ1v) is 4.35. The summed E-state index contributed by atoms with van der Waals surface area (Å²) in [5, 5.41) is 11.5. The largest absolute Gasteiger partial charge is 0.409 e. The Bertz CT molecular complexity index is 334. The van der Waals surface area contributed by atoms with Crippen LogP contribution in [-0.2, 0) is 6.54 Å². The van der Waals surface area contributed by atoms with Gasteiger partial charge in [-0.25, -0.2) is 0 Å². The van der Waals surface area contributed by atoms with Crippen molar-refractivity contribution in [3.63, 3.8) is 0 Å². The highest BCUT2D eigenvalue weighted by Crippen LogP contribution is 2.06. The molecule has 0 aliphatic carbocycles. The van der Waals surface area contributed by atoms with Crippen molar-refractivity contribution in [3.05, 3.63) is 35.4 Å². The predicted molar refractivity (Wildman–Crippen MR) is 56.3 cm³/mol. The fraction of sp³-hybridized carbons (Fsp3) is 0.300. The van der Waals surface area contributed by atoms with E-state index in [1.807, 2.05) is 38.4 Å². The zero-order valence-electron chi connectivity index (χ0n) is 8.44. The standard InChI is InChI=1S/C10H15N3O/c1-13(2)7-8-4-3-5-9(6-8)10(11)12-14/h3-6,14H,7H2,1-2H3,(H2,11,12). The molecule has 0 spiro atoms. The van der Waals surface area contributed by atoms with Gasteiger partial charge in [0.2, 0.25) is 0 Å². The third-order valence-corrected chi connectivity index (χ3v) is 1.83. The fourth-order valence-corrected chi connectivity index (χ4v) is 1.25. The molecule has 0 fully saturated rings. The molecule has 0 aliphatic heterocycles. The van der Waals surface area contributed by atoms with Gasteiger partial charge in [0.1, 0.15) is 0 Å². The SMILES string of the molecule is CN(C)Cc1cccc(/C(N)=N\O)c1. The summed E-state index contributed by atoms with van der Waals surface area (Å²) in [7, 11) is 3.99. The lowest BCUT2D eigenvalue weighted by Crippen LogP contribution is -2.15. The number of hydrogen-bond donors (Lipinski definition) is 2. The number of nitrogens with zero attached hydrogens (tertiary/aromatic N) is 2. The molecule has 1 aromatic rings. The van der Waals surface area contributed by atoms with E-state index in [4.69, 9.17) is 10.9 Å². The lowest BCUT2D eigenvalue weighted by Gasteiger charge is -2.10. The van der Waals surface area contributed by atoms with Crippen molar-refractivity contribution in [3.8, 4) is 0 Å². The summed E-state index contributed by atoms with van der Waals surface area (Å²) >= 11 is 0. The third kappa shape index (κ3) is 2.74. The monoisotopic (exact) mass is 193 g/mol. The molecule has 4 heteroatoms. The highest BCUT2D eigenvalue weighted by molar-refractivity contribution is 5.97. The number of oxime groups is 1. The minimum absolute atomic E-state index is 0.144. The van der Waals surface area contributed by atoms with Crippen LogP contribution in [0.2, 0.25) is 0 Å².